The van der Waals surface area contributed by atoms with Crippen LogP contribution in [0.5, 0.6) is 0 Å². The summed E-state index contributed by atoms with van der Waals surface area (Å²) in [5, 5.41) is 0. The molecule has 2 N–H and O–H groups in total. The second-order valence-electron chi connectivity index (χ2n) is 4.22. The van der Waals surface area contributed by atoms with E-state index in [-0.39, 0.29) is 5.91 Å². The van der Waals surface area contributed by atoms with Gasteiger partial charge in [-0.2, -0.15) is 0 Å². The summed E-state index contributed by atoms with van der Waals surface area (Å²) in [6, 6.07) is -1.08. The largest absolute Gasteiger partial charge is 0.368 e. The number of rotatable bonds is 2. The van der Waals surface area contributed by atoms with Gasteiger partial charge in [0, 0.05) is 17.1 Å². The Kier molecular flexibility index (Phi) is 1.86. The minimum Gasteiger partial charge on any atom is -0.368 e. The number of hydrogen-bond acceptors (Lipinski definition) is 2. The summed E-state index contributed by atoms with van der Waals surface area (Å²) < 4.78 is 22.4. The summed E-state index contributed by atoms with van der Waals surface area (Å²) in [6.45, 7) is 0.934. The minimum atomic E-state index is -2.35. The molecule has 0 spiro atoms. The third-order valence-electron chi connectivity index (χ3n) is 2.37. The maximum absolute atomic E-state index is 11.6. The maximum atomic E-state index is 11.6. The van der Waals surface area contributed by atoms with E-state index in [1.807, 2.05) is 0 Å². The van der Waals surface area contributed by atoms with Crippen molar-refractivity contribution >= 4 is 11.8 Å². The number of primary amides is 1. The molecule has 14 heavy (non-hydrogen) atoms. The van der Waals surface area contributed by atoms with Crippen molar-refractivity contribution in [2.45, 2.75) is 39.6 Å². The van der Waals surface area contributed by atoms with Crippen molar-refractivity contribution in [2.75, 3.05) is 6.54 Å². The van der Waals surface area contributed by atoms with Gasteiger partial charge in [0.25, 0.3) is 0 Å². The number of carbonyl (C=O) groups is 2. The van der Waals surface area contributed by atoms with Gasteiger partial charge in [-0.15, -0.1) is 0 Å². The van der Waals surface area contributed by atoms with Crippen LogP contribution in [0, 0.1) is 5.41 Å². The number of nitrogens with zero attached hydrogens (tertiary/aromatic N) is 1. The average Bonchev–Trinajstić information content (AvgIpc) is 2.49. The Bertz CT molecular complexity index is 339. The highest BCUT2D eigenvalue weighted by molar-refractivity contribution is 5.88. The zero-order valence-corrected chi connectivity index (χ0v) is 8.54. The molecule has 2 amide bonds. The summed E-state index contributed by atoms with van der Waals surface area (Å²) in [5.74, 6) is -0.965. The zero-order valence-electron chi connectivity index (χ0n) is 11.5. The fourth-order valence-electron chi connectivity index (χ4n) is 1.84. The lowest BCUT2D eigenvalue weighted by Gasteiger charge is -2.35. The van der Waals surface area contributed by atoms with Crippen LogP contribution in [0.2, 0.25) is 0 Å². The van der Waals surface area contributed by atoms with Gasteiger partial charge in [0.05, 0.1) is 0 Å². The fraction of sp³-hybridized carbons (Fsp3) is 0.800. The highest BCUT2D eigenvalue weighted by atomic mass is 16.2. The molecule has 1 fully saturated rings. The first-order valence-corrected chi connectivity index (χ1v) is 4.68. The van der Waals surface area contributed by atoms with Crippen molar-refractivity contribution in [3.63, 3.8) is 0 Å². The Hall–Kier alpha value is -1.06. The Labute approximate surface area is 88.7 Å². The van der Waals surface area contributed by atoms with Crippen molar-refractivity contribution in [1.29, 1.82) is 0 Å². The Morgan fingerprint density at radius 1 is 1.71 bits per heavy atom. The average molecular weight is 201 g/mol. The van der Waals surface area contributed by atoms with Gasteiger partial charge in [0.1, 0.15) is 6.04 Å². The summed E-state index contributed by atoms with van der Waals surface area (Å²) >= 11 is 0. The molecule has 0 aromatic carbocycles. The first-order chi connectivity index (χ1) is 7.59. The summed E-state index contributed by atoms with van der Waals surface area (Å²) in [6.07, 6.45) is 0.987. The highest BCUT2D eigenvalue weighted by Gasteiger charge is 2.39. The van der Waals surface area contributed by atoms with Gasteiger partial charge in [-0.3, -0.25) is 9.59 Å². The van der Waals surface area contributed by atoms with E-state index in [1.165, 1.54) is 18.7 Å². The third kappa shape index (κ3) is 2.05. The van der Waals surface area contributed by atoms with Crippen molar-refractivity contribution in [3.05, 3.63) is 0 Å². The van der Waals surface area contributed by atoms with Gasteiger partial charge in [0.15, 0.2) is 0 Å². The van der Waals surface area contributed by atoms with Gasteiger partial charge >= 0.3 is 0 Å². The van der Waals surface area contributed by atoms with E-state index in [2.05, 4.69) is 0 Å². The Morgan fingerprint density at radius 3 is 2.71 bits per heavy atom. The molecule has 0 aromatic rings. The van der Waals surface area contributed by atoms with Crippen LogP contribution in [0.1, 0.15) is 37.7 Å². The van der Waals surface area contributed by atoms with E-state index in [1.54, 1.807) is 0 Å². The molecule has 1 aliphatic heterocycles. The van der Waals surface area contributed by atoms with Crippen LogP contribution < -0.4 is 5.73 Å². The fourth-order valence-corrected chi connectivity index (χ4v) is 1.84. The number of nitrogens with two attached hydrogens (primary N) is 1. The number of carbonyl (C=O) groups excluding carboxylic acids is 2. The number of hydrogen-bond donors (Lipinski definition) is 1. The van der Waals surface area contributed by atoms with Crippen LogP contribution >= 0.6 is 0 Å². The molecule has 1 saturated heterocycles. The molecule has 1 aliphatic rings. The number of amides is 2. The third-order valence-corrected chi connectivity index (χ3v) is 2.37. The maximum Gasteiger partial charge on any atom is 0.240 e. The van der Waals surface area contributed by atoms with Gasteiger partial charge < -0.3 is 10.6 Å². The topological polar surface area (TPSA) is 63.4 Å². The minimum absolute atomic E-state index is 0.203. The molecular formula is C10H18N2O2. The standard InChI is InChI=1S/C10H18N2O2/c1-10(2,3)8(9(11)14)12-6-4-5-7(12)13/h8H,4-6H2,1-3H3,(H2,11,14)/i1D3. The van der Waals surface area contributed by atoms with Crippen LogP contribution in [0.3, 0.4) is 0 Å². The lowest BCUT2D eigenvalue weighted by atomic mass is 9.85. The first-order valence-electron chi connectivity index (χ1n) is 6.18. The van der Waals surface area contributed by atoms with E-state index in [0.717, 1.165) is 0 Å². The van der Waals surface area contributed by atoms with Crippen molar-refractivity contribution in [2.24, 2.45) is 11.1 Å². The van der Waals surface area contributed by atoms with Crippen molar-refractivity contribution in [3.8, 4) is 0 Å². The Balaban J connectivity index is 3.10. The van der Waals surface area contributed by atoms with E-state index in [9.17, 15) is 9.59 Å². The lowest BCUT2D eigenvalue weighted by Crippen LogP contribution is -2.52. The predicted octanol–water partition coefficient (Wildman–Crippen LogP) is 0.509. The van der Waals surface area contributed by atoms with Crippen molar-refractivity contribution < 1.29 is 13.7 Å². The molecule has 80 valence electrons. The molecule has 0 saturated carbocycles. The predicted molar refractivity (Wildman–Crippen MR) is 53.4 cm³/mol. The molecule has 4 nitrogen and oxygen atoms in total. The molecule has 0 bridgehead atoms. The van der Waals surface area contributed by atoms with E-state index < -0.39 is 24.2 Å². The normalized spacial score (nSPS) is 24.0. The molecule has 4 heteroatoms. The van der Waals surface area contributed by atoms with E-state index >= 15 is 0 Å². The van der Waals surface area contributed by atoms with Gasteiger partial charge in [-0.05, 0) is 11.8 Å². The first kappa shape index (κ1) is 7.26. The van der Waals surface area contributed by atoms with E-state index in [0.29, 0.717) is 19.4 Å². The monoisotopic (exact) mass is 201 g/mol. The highest BCUT2D eigenvalue weighted by Crippen LogP contribution is 2.27. The summed E-state index contributed by atoms with van der Waals surface area (Å²) in [7, 11) is 0. The molecule has 0 aromatic heterocycles. The van der Waals surface area contributed by atoms with E-state index in [4.69, 9.17) is 9.85 Å². The molecule has 0 aliphatic carbocycles. The van der Waals surface area contributed by atoms with Crippen LogP contribution in [0.4, 0.5) is 0 Å². The quantitative estimate of drug-likeness (QED) is 0.707. The van der Waals surface area contributed by atoms with Gasteiger partial charge in [0.2, 0.25) is 11.8 Å². The molecule has 1 atom stereocenters. The van der Waals surface area contributed by atoms with Crippen LogP contribution in [0.15, 0.2) is 0 Å². The second kappa shape index (κ2) is 3.59. The van der Waals surface area contributed by atoms with Gasteiger partial charge in [-0.1, -0.05) is 20.7 Å². The van der Waals surface area contributed by atoms with Crippen LogP contribution in [-0.2, 0) is 9.59 Å². The lowest BCUT2D eigenvalue weighted by molar-refractivity contribution is -0.139. The van der Waals surface area contributed by atoms with Crippen molar-refractivity contribution in [1.82, 2.24) is 4.90 Å². The zero-order chi connectivity index (χ0) is 13.4. The summed E-state index contributed by atoms with van der Waals surface area (Å²) in [5.41, 5.74) is 3.93. The van der Waals surface area contributed by atoms with Gasteiger partial charge in [-0.25, -0.2) is 0 Å². The Morgan fingerprint density at radius 2 is 2.36 bits per heavy atom. The van der Waals surface area contributed by atoms with Crippen LogP contribution in [0.25, 0.3) is 0 Å². The van der Waals surface area contributed by atoms with Crippen LogP contribution in [-0.4, -0.2) is 29.3 Å². The summed E-state index contributed by atoms with van der Waals surface area (Å²) in [4.78, 5) is 24.4. The SMILES string of the molecule is [2H]C([2H])([2H])C(C)(C)C(C(N)=O)N1CCCC1=O. The molecule has 1 rings (SSSR count). The smallest absolute Gasteiger partial charge is 0.240 e. The molecule has 0 radical (unpaired) electrons. The molecule has 1 unspecified atom stereocenters. The molecule has 1 heterocycles. The number of likely N-dealkylation sites (tertiary alicyclic amines) is 1. The second-order valence-corrected chi connectivity index (χ2v) is 4.22. The molecular weight excluding hydrogens is 180 g/mol.